The summed E-state index contributed by atoms with van der Waals surface area (Å²) < 4.78 is 0. The first kappa shape index (κ1) is 18.3. The van der Waals surface area contributed by atoms with Gasteiger partial charge in [0.25, 0.3) is 0 Å². The van der Waals surface area contributed by atoms with Gasteiger partial charge in [0.2, 0.25) is 11.8 Å². The minimum Gasteiger partial charge on any atom is -0.339 e. The van der Waals surface area contributed by atoms with Crippen molar-refractivity contribution in [1.29, 1.82) is 0 Å². The van der Waals surface area contributed by atoms with E-state index < -0.39 is 0 Å². The van der Waals surface area contributed by atoms with Gasteiger partial charge in [-0.3, -0.25) is 9.59 Å². The summed E-state index contributed by atoms with van der Waals surface area (Å²) in [7, 11) is 0. The second-order valence-corrected chi connectivity index (χ2v) is 3.47. The van der Waals surface area contributed by atoms with Gasteiger partial charge >= 0.3 is 0 Å². The van der Waals surface area contributed by atoms with Crippen molar-refractivity contribution in [3.63, 3.8) is 0 Å². The summed E-state index contributed by atoms with van der Waals surface area (Å²) in [4.78, 5) is 26.3. The summed E-state index contributed by atoms with van der Waals surface area (Å²) >= 11 is 0. The molecule has 0 aromatic rings. The Hall–Kier alpha value is -0.100. The van der Waals surface area contributed by atoms with Crippen molar-refractivity contribution in [2.75, 3.05) is 26.2 Å². The summed E-state index contributed by atoms with van der Waals surface area (Å²) in [6.45, 7) is 6.51. The third-order valence-electron chi connectivity index (χ3n) is 2.59. The van der Waals surface area contributed by atoms with Gasteiger partial charge in [-0.15, -0.1) is 34.0 Å². The van der Waals surface area contributed by atoms with Crippen LogP contribution in [0.4, 0.5) is 0 Å². The fourth-order valence-corrected chi connectivity index (χ4v) is 1.65. The van der Waals surface area contributed by atoms with Gasteiger partial charge in [-0.05, 0) is 0 Å². The number of hydrogen-bond acceptors (Lipinski definition) is 2. The van der Waals surface area contributed by atoms with E-state index in [1.165, 1.54) is 0 Å². The summed E-state index contributed by atoms with van der Waals surface area (Å²) in [5.74, 6) is 0.377. The standard InChI is InChI=1S/C10H18N2O2.2BrH/c1-3-9(13)11-5-7-12(8-6-11)10(14)4-2;;/h3-8H2,1-2H3;2*1H. The zero-order valence-corrected chi connectivity index (χ0v) is 13.2. The highest BCUT2D eigenvalue weighted by molar-refractivity contribution is 8.93. The fraction of sp³-hybridized carbons (Fsp3) is 0.800. The minimum absolute atomic E-state index is 0. The molecule has 96 valence electrons. The molecule has 1 rings (SSSR count). The van der Waals surface area contributed by atoms with Gasteiger partial charge in [-0.25, -0.2) is 0 Å². The third-order valence-corrected chi connectivity index (χ3v) is 2.59. The predicted octanol–water partition coefficient (Wildman–Crippen LogP) is 1.63. The SMILES string of the molecule is Br.Br.CCC(=O)N1CCN(C(=O)CC)CC1. The third kappa shape index (κ3) is 4.82. The molecular formula is C10H20Br2N2O2. The Morgan fingerprint density at radius 3 is 1.25 bits per heavy atom. The molecule has 0 N–H and O–H groups in total. The van der Waals surface area contributed by atoms with Crippen molar-refractivity contribution in [2.45, 2.75) is 26.7 Å². The lowest BCUT2D eigenvalue weighted by Gasteiger charge is -2.34. The van der Waals surface area contributed by atoms with E-state index in [-0.39, 0.29) is 45.8 Å². The number of rotatable bonds is 2. The van der Waals surface area contributed by atoms with Crippen molar-refractivity contribution >= 4 is 45.8 Å². The Labute approximate surface area is 118 Å². The Morgan fingerprint density at radius 1 is 0.812 bits per heavy atom. The smallest absolute Gasteiger partial charge is 0.222 e. The van der Waals surface area contributed by atoms with Gasteiger partial charge in [0.1, 0.15) is 0 Å². The van der Waals surface area contributed by atoms with E-state index in [9.17, 15) is 9.59 Å². The summed E-state index contributed by atoms with van der Waals surface area (Å²) in [6.07, 6.45) is 1.11. The minimum atomic E-state index is 0. The van der Waals surface area contributed by atoms with Gasteiger partial charge in [-0.2, -0.15) is 0 Å². The topological polar surface area (TPSA) is 40.6 Å². The monoisotopic (exact) mass is 358 g/mol. The second kappa shape index (κ2) is 8.98. The second-order valence-electron chi connectivity index (χ2n) is 3.47. The van der Waals surface area contributed by atoms with E-state index in [1.807, 2.05) is 23.6 Å². The van der Waals surface area contributed by atoms with Crippen LogP contribution in [0.3, 0.4) is 0 Å². The molecule has 0 aliphatic carbocycles. The van der Waals surface area contributed by atoms with E-state index >= 15 is 0 Å². The summed E-state index contributed by atoms with van der Waals surface area (Å²) in [5.41, 5.74) is 0. The van der Waals surface area contributed by atoms with E-state index in [1.54, 1.807) is 0 Å². The fourth-order valence-electron chi connectivity index (χ4n) is 1.65. The molecule has 2 amide bonds. The van der Waals surface area contributed by atoms with E-state index in [0.29, 0.717) is 39.0 Å². The van der Waals surface area contributed by atoms with Gasteiger partial charge in [0.05, 0.1) is 0 Å². The highest BCUT2D eigenvalue weighted by Crippen LogP contribution is 2.04. The molecule has 4 nitrogen and oxygen atoms in total. The Kier molecular flexibility index (Phi) is 10.3. The average molecular weight is 360 g/mol. The highest BCUT2D eigenvalue weighted by Gasteiger charge is 2.21. The maximum Gasteiger partial charge on any atom is 0.222 e. The molecule has 0 radical (unpaired) electrons. The van der Waals surface area contributed by atoms with Crippen LogP contribution >= 0.6 is 34.0 Å². The number of hydrogen-bond donors (Lipinski definition) is 0. The molecule has 0 spiro atoms. The van der Waals surface area contributed by atoms with Crippen molar-refractivity contribution in [2.24, 2.45) is 0 Å². The lowest BCUT2D eigenvalue weighted by molar-refractivity contribution is -0.139. The zero-order valence-electron chi connectivity index (χ0n) is 9.77. The molecule has 16 heavy (non-hydrogen) atoms. The van der Waals surface area contributed by atoms with Crippen molar-refractivity contribution in [3.8, 4) is 0 Å². The van der Waals surface area contributed by atoms with Crippen LogP contribution in [0.15, 0.2) is 0 Å². The van der Waals surface area contributed by atoms with E-state index in [0.717, 1.165) is 0 Å². The molecule has 1 heterocycles. The lowest BCUT2D eigenvalue weighted by Crippen LogP contribution is -2.50. The number of halogens is 2. The van der Waals surface area contributed by atoms with Crippen LogP contribution in [-0.4, -0.2) is 47.8 Å². The van der Waals surface area contributed by atoms with Crippen molar-refractivity contribution < 1.29 is 9.59 Å². The molecule has 0 bridgehead atoms. The quantitative estimate of drug-likeness (QED) is 0.751. The molecular weight excluding hydrogens is 340 g/mol. The maximum atomic E-state index is 11.3. The Balaban J connectivity index is 0. The molecule has 1 aliphatic rings. The number of nitrogens with zero attached hydrogens (tertiary/aromatic N) is 2. The molecule has 1 aliphatic heterocycles. The average Bonchev–Trinajstić information content (AvgIpc) is 2.27. The number of amides is 2. The van der Waals surface area contributed by atoms with Crippen molar-refractivity contribution in [1.82, 2.24) is 9.80 Å². The molecule has 0 unspecified atom stereocenters. The molecule has 0 saturated carbocycles. The number of piperazine rings is 1. The lowest BCUT2D eigenvalue weighted by atomic mass is 10.2. The molecule has 1 saturated heterocycles. The van der Waals surface area contributed by atoms with Crippen molar-refractivity contribution in [3.05, 3.63) is 0 Å². The Bertz CT molecular complexity index is 205. The first-order valence-corrected chi connectivity index (χ1v) is 5.24. The number of carbonyl (C=O) groups is 2. The van der Waals surface area contributed by atoms with E-state index in [2.05, 4.69) is 0 Å². The van der Waals surface area contributed by atoms with Gasteiger partial charge in [0.15, 0.2) is 0 Å². The van der Waals surface area contributed by atoms with Crippen LogP contribution in [0.5, 0.6) is 0 Å². The van der Waals surface area contributed by atoms with Crippen LogP contribution in [0.2, 0.25) is 0 Å². The first-order chi connectivity index (χ1) is 6.69. The van der Waals surface area contributed by atoms with Crippen LogP contribution in [-0.2, 0) is 9.59 Å². The van der Waals surface area contributed by atoms with E-state index in [4.69, 9.17) is 0 Å². The molecule has 0 atom stereocenters. The highest BCUT2D eigenvalue weighted by atomic mass is 79.9. The number of carbonyl (C=O) groups excluding carboxylic acids is 2. The zero-order chi connectivity index (χ0) is 10.6. The predicted molar refractivity (Wildman–Crippen MR) is 74.4 cm³/mol. The Morgan fingerprint density at radius 2 is 1.06 bits per heavy atom. The van der Waals surface area contributed by atoms with Gasteiger partial charge < -0.3 is 9.80 Å². The molecule has 0 aromatic carbocycles. The van der Waals surface area contributed by atoms with Crippen LogP contribution in [0.1, 0.15) is 26.7 Å². The largest absolute Gasteiger partial charge is 0.339 e. The normalized spacial score (nSPS) is 14.9. The molecule has 6 heteroatoms. The summed E-state index contributed by atoms with van der Waals surface area (Å²) in [5, 5.41) is 0. The van der Waals surface area contributed by atoms with Gasteiger partial charge in [0, 0.05) is 39.0 Å². The van der Waals surface area contributed by atoms with Gasteiger partial charge in [-0.1, -0.05) is 13.8 Å². The van der Waals surface area contributed by atoms with Crippen LogP contribution in [0.25, 0.3) is 0 Å². The van der Waals surface area contributed by atoms with Crippen LogP contribution < -0.4 is 0 Å². The maximum absolute atomic E-state index is 11.3. The molecule has 1 fully saturated rings. The van der Waals surface area contributed by atoms with Crippen LogP contribution in [0, 0.1) is 0 Å². The summed E-state index contributed by atoms with van der Waals surface area (Å²) in [6, 6.07) is 0. The molecule has 0 aromatic heterocycles. The first-order valence-electron chi connectivity index (χ1n) is 5.24.